The summed E-state index contributed by atoms with van der Waals surface area (Å²) in [6, 6.07) is 19.7. The van der Waals surface area contributed by atoms with Crippen LogP contribution in [0.2, 0.25) is 0 Å². The number of pyridine rings is 1. The molecule has 0 saturated carbocycles. The van der Waals surface area contributed by atoms with Crippen LogP contribution in [0.1, 0.15) is 11.3 Å². The Morgan fingerprint density at radius 2 is 1.68 bits per heavy atom. The van der Waals surface area contributed by atoms with Crippen LogP contribution in [0.25, 0.3) is 16.3 Å². The Morgan fingerprint density at radius 3 is 2.41 bits per heavy atom. The molecule has 22 heavy (non-hydrogen) atoms. The second-order valence-electron chi connectivity index (χ2n) is 5.15. The number of nitrogens with zero attached hydrogens (tertiary/aromatic N) is 1. The number of benzene rings is 2. The number of carbonyl (C=O) groups is 1. The van der Waals surface area contributed by atoms with E-state index in [0.29, 0.717) is 12.2 Å². The van der Waals surface area contributed by atoms with E-state index in [1.807, 2.05) is 71.4 Å². The molecule has 3 rings (SSSR count). The molecule has 0 unspecified atom stereocenters. The van der Waals surface area contributed by atoms with Crippen molar-refractivity contribution >= 4 is 22.3 Å². The fourth-order valence-electron chi connectivity index (χ4n) is 2.61. The number of fused-ring (bicyclic) bond motifs is 1. The van der Waals surface area contributed by atoms with Crippen molar-refractivity contribution in [1.29, 1.82) is 0 Å². The summed E-state index contributed by atoms with van der Waals surface area (Å²) in [7, 11) is 0. The number of carboxylic acid groups (broad SMARTS) is 1. The first-order valence-corrected chi connectivity index (χ1v) is 7.04. The van der Waals surface area contributed by atoms with Gasteiger partial charge in [0.05, 0.1) is 5.39 Å². The largest absolute Gasteiger partial charge is 0.477 e. The first-order valence-electron chi connectivity index (χ1n) is 7.04. The van der Waals surface area contributed by atoms with E-state index in [4.69, 9.17) is 0 Å². The molecular formula is C19H16NO2+. The van der Waals surface area contributed by atoms with Crippen LogP contribution in [0.4, 0.5) is 0 Å². The first kappa shape index (κ1) is 14.0. The summed E-state index contributed by atoms with van der Waals surface area (Å²) in [6.07, 6.45) is 1.92. The van der Waals surface area contributed by atoms with Gasteiger partial charge in [0.1, 0.15) is 5.57 Å². The zero-order valence-electron chi connectivity index (χ0n) is 12.1. The van der Waals surface area contributed by atoms with E-state index in [-0.39, 0.29) is 5.57 Å². The molecule has 0 aliphatic heterocycles. The van der Waals surface area contributed by atoms with E-state index < -0.39 is 5.97 Å². The maximum atomic E-state index is 11.4. The van der Waals surface area contributed by atoms with Crippen molar-refractivity contribution in [2.24, 2.45) is 0 Å². The van der Waals surface area contributed by atoms with Gasteiger partial charge in [-0.3, -0.25) is 0 Å². The first-order chi connectivity index (χ1) is 10.7. The van der Waals surface area contributed by atoms with Crippen molar-refractivity contribution in [3.8, 4) is 0 Å². The lowest BCUT2D eigenvalue weighted by Crippen LogP contribution is -2.39. The fraction of sp³-hybridized carbons (Fsp3) is 0.0526. The summed E-state index contributed by atoms with van der Waals surface area (Å²) in [5, 5.41) is 11.3. The van der Waals surface area contributed by atoms with Gasteiger partial charge in [-0.15, -0.1) is 0 Å². The zero-order valence-corrected chi connectivity index (χ0v) is 12.1. The highest BCUT2D eigenvalue weighted by Crippen LogP contribution is 2.21. The van der Waals surface area contributed by atoms with Gasteiger partial charge in [0.25, 0.3) is 0 Å². The molecule has 3 aromatic rings. The Labute approximate surface area is 128 Å². The van der Waals surface area contributed by atoms with Gasteiger partial charge in [0.2, 0.25) is 5.69 Å². The Balaban J connectivity index is 2.19. The summed E-state index contributed by atoms with van der Waals surface area (Å²) in [4.78, 5) is 11.4. The number of hydrogen-bond donors (Lipinski definition) is 1. The maximum Gasteiger partial charge on any atom is 0.341 e. The van der Waals surface area contributed by atoms with Crippen LogP contribution in [0, 0.1) is 0 Å². The molecule has 108 valence electrons. The second kappa shape index (κ2) is 5.82. The summed E-state index contributed by atoms with van der Waals surface area (Å²) >= 11 is 0. The highest BCUT2D eigenvalue weighted by molar-refractivity contribution is 6.16. The fourth-order valence-corrected chi connectivity index (χ4v) is 2.61. The molecule has 0 amide bonds. The van der Waals surface area contributed by atoms with Crippen LogP contribution >= 0.6 is 0 Å². The SMILES string of the molecule is C=C(C(=O)O)c1c2ccccc2cc[n+]1Cc1ccccc1. The van der Waals surface area contributed by atoms with Gasteiger partial charge in [-0.25, -0.2) is 4.79 Å². The minimum Gasteiger partial charge on any atom is -0.477 e. The number of aliphatic carboxylic acids is 1. The average molecular weight is 290 g/mol. The van der Waals surface area contributed by atoms with Crippen molar-refractivity contribution in [2.75, 3.05) is 0 Å². The summed E-state index contributed by atoms with van der Waals surface area (Å²) < 4.78 is 1.94. The van der Waals surface area contributed by atoms with Crippen molar-refractivity contribution in [3.05, 3.63) is 84.7 Å². The summed E-state index contributed by atoms with van der Waals surface area (Å²) in [5.41, 5.74) is 1.87. The minimum atomic E-state index is -1.00. The lowest BCUT2D eigenvalue weighted by molar-refractivity contribution is -0.689. The predicted octanol–water partition coefficient (Wildman–Crippen LogP) is 3.27. The van der Waals surface area contributed by atoms with E-state index in [0.717, 1.165) is 16.3 Å². The number of hydrogen-bond acceptors (Lipinski definition) is 1. The topological polar surface area (TPSA) is 41.2 Å². The number of aromatic nitrogens is 1. The van der Waals surface area contributed by atoms with Gasteiger partial charge in [-0.2, -0.15) is 4.57 Å². The number of carboxylic acids is 1. The zero-order chi connectivity index (χ0) is 15.5. The molecule has 0 bridgehead atoms. The standard InChI is InChI=1S/C19H15NO2/c1-14(19(21)22)18-17-10-6-5-9-16(17)11-12-20(18)13-15-7-3-2-4-8-15/h2-12H,1,13H2/p+1. The minimum absolute atomic E-state index is 0.104. The highest BCUT2D eigenvalue weighted by Gasteiger charge is 2.23. The molecule has 1 N–H and O–H groups in total. The van der Waals surface area contributed by atoms with E-state index in [1.54, 1.807) is 0 Å². The van der Waals surface area contributed by atoms with Gasteiger partial charge in [-0.1, -0.05) is 55.1 Å². The molecule has 1 heterocycles. The predicted molar refractivity (Wildman–Crippen MR) is 86.4 cm³/mol. The van der Waals surface area contributed by atoms with E-state index in [2.05, 4.69) is 6.58 Å². The van der Waals surface area contributed by atoms with Crippen molar-refractivity contribution in [2.45, 2.75) is 6.54 Å². The van der Waals surface area contributed by atoms with Crippen LogP contribution in [0.5, 0.6) is 0 Å². The van der Waals surface area contributed by atoms with Gasteiger partial charge >= 0.3 is 5.97 Å². The third-order valence-electron chi connectivity index (χ3n) is 3.68. The monoisotopic (exact) mass is 290 g/mol. The van der Waals surface area contributed by atoms with Crippen LogP contribution in [-0.4, -0.2) is 11.1 Å². The number of rotatable bonds is 4. The molecule has 3 heteroatoms. The molecule has 0 radical (unpaired) electrons. The van der Waals surface area contributed by atoms with E-state index in [1.165, 1.54) is 0 Å². The Bertz CT molecular complexity index is 854. The molecule has 0 aliphatic carbocycles. The third kappa shape index (κ3) is 2.61. The normalized spacial score (nSPS) is 10.5. The molecule has 0 fully saturated rings. The average Bonchev–Trinajstić information content (AvgIpc) is 2.55. The second-order valence-corrected chi connectivity index (χ2v) is 5.15. The van der Waals surface area contributed by atoms with Crippen molar-refractivity contribution in [3.63, 3.8) is 0 Å². The maximum absolute atomic E-state index is 11.4. The highest BCUT2D eigenvalue weighted by atomic mass is 16.4. The molecule has 0 atom stereocenters. The Hall–Kier alpha value is -2.94. The van der Waals surface area contributed by atoms with Crippen molar-refractivity contribution < 1.29 is 14.5 Å². The Kier molecular flexibility index (Phi) is 3.71. The molecule has 1 aromatic heterocycles. The van der Waals surface area contributed by atoms with Gasteiger partial charge in [0, 0.05) is 11.6 Å². The van der Waals surface area contributed by atoms with Crippen molar-refractivity contribution in [1.82, 2.24) is 0 Å². The Morgan fingerprint density at radius 1 is 1.00 bits per heavy atom. The lowest BCUT2D eigenvalue weighted by atomic mass is 10.0. The van der Waals surface area contributed by atoms with Crippen LogP contribution in [0.15, 0.2) is 73.4 Å². The van der Waals surface area contributed by atoms with Crippen LogP contribution in [0.3, 0.4) is 0 Å². The lowest BCUT2D eigenvalue weighted by Gasteiger charge is -2.08. The summed E-state index contributed by atoms with van der Waals surface area (Å²) in [5.74, 6) is -1.00. The van der Waals surface area contributed by atoms with Crippen LogP contribution < -0.4 is 4.57 Å². The molecule has 3 nitrogen and oxygen atoms in total. The van der Waals surface area contributed by atoms with E-state index >= 15 is 0 Å². The molecule has 0 aliphatic rings. The van der Waals surface area contributed by atoms with E-state index in [9.17, 15) is 9.90 Å². The molecule has 0 saturated heterocycles. The van der Waals surface area contributed by atoms with Gasteiger partial charge in [0.15, 0.2) is 12.7 Å². The smallest absolute Gasteiger partial charge is 0.341 e. The third-order valence-corrected chi connectivity index (χ3v) is 3.68. The summed E-state index contributed by atoms with van der Waals surface area (Å²) in [6.45, 7) is 4.36. The molecule has 0 spiro atoms. The molecular weight excluding hydrogens is 274 g/mol. The van der Waals surface area contributed by atoms with Gasteiger partial charge < -0.3 is 5.11 Å². The van der Waals surface area contributed by atoms with Crippen LogP contribution in [-0.2, 0) is 11.3 Å². The quantitative estimate of drug-likeness (QED) is 0.592. The van der Waals surface area contributed by atoms with Gasteiger partial charge in [-0.05, 0) is 11.5 Å². The molecule has 2 aromatic carbocycles.